The van der Waals surface area contributed by atoms with Crippen LogP contribution in [0.3, 0.4) is 0 Å². The highest BCUT2D eigenvalue weighted by Gasteiger charge is 2.20. The number of aryl methyl sites for hydroxylation is 1. The fourth-order valence-corrected chi connectivity index (χ4v) is 2.21. The van der Waals surface area contributed by atoms with E-state index in [1.165, 1.54) is 23.0 Å². The minimum Gasteiger partial charge on any atom is -0.383 e. The molecule has 0 aliphatic heterocycles. The van der Waals surface area contributed by atoms with Gasteiger partial charge in [-0.1, -0.05) is 18.2 Å². The number of hydrogen-bond acceptors (Lipinski definition) is 3. The van der Waals surface area contributed by atoms with Crippen LogP contribution < -0.4 is 5.73 Å². The molecule has 0 aliphatic carbocycles. The molecule has 106 valence electrons. The minimum atomic E-state index is -0.490. The molecule has 0 amide bonds. The Balaban J connectivity index is 2.29. The lowest BCUT2D eigenvalue weighted by Gasteiger charge is -2.05. The molecule has 0 saturated carbocycles. The number of benzene rings is 1. The normalized spacial score (nSPS) is 10.8. The molecule has 0 bridgehead atoms. The summed E-state index contributed by atoms with van der Waals surface area (Å²) < 4.78 is 28.9. The third-order valence-electron chi connectivity index (χ3n) is 3.21. The van der Waals surface area contributed by atoms with Gasteiger partial charge in [0.25, 0.3) is 0 Å². The van der Waals surface area contributed by atoms with Crippen LogP contribution in [-0.2, 0) is 7.05 Å². The number of aromatic nitrogens is 3. The Morgan fingerprint density at radius 1 is 1.14 bits per heavy atom. The van der Waals surface area contributed by atoms with E-state index in [2.05, 4.69) is 10.1 Å². The van der Waals surface area contributed by atoms with Gasteiger partial charge >= 0.3 is 0 Å². The molecule has 0 unspecified atom stereocenters. The smallest absolute Gasteiger partial charge is 0.142 e. The van der Waals surface area contributed by atoms with Crippen LogP contribution in [0.25, 0.3) is 22.4 Å². The average Bonchev–Trinajstić information content (AvgIpc) is 2.76. The predicted molar refractivity (Wildman–Crippen MR) is 76.2 cm³/mol. The van der Waals surface area contributed by atoms with E-state index in [0.717, 1.165) is 6.20 Å². The third kappa shape index (κ3) is 2.24. The summed E-state index contributed by atoms with van der Waals surface area (Å²) in [5.74, 6) is -0.599. The van der Waals surface area contributed by atoms with Gasteiger partial charge in [-0.25, -0.2) is 8.78 Å². The van der Waals surface area contributed by atoms with E-state index < -0.39 is 11.6 Å². The highest BCUT2D eigenvalue weighted by Crippen LogP contribution is 2.36. The number of halogens is 2. The summed E-state index contributed by atoms with van der Waals surface area (Å²) in [6.45, 7) is 0. The lowest BCUT2D eigenvalue weighted by Crippen LogP contribution is -1.98. The standard InChI is InChI=1S/C15H12F2N4/c1-21-15(18)13(11-4-2-3-5-12(11)17)14(20-21)9-6-10(16)8-19-7-9/h2-8H,18H2,1H3. The molecule has 0 aliphatic rings. The van der Waals surface area contributed by atoms with E-state index >= 15 is 0 Å². The maximum Gasteiger partial charge on any atom is 0.142 e. The van der Waals surface area contributed by atoms with Crippen LogP contribution in [0, 0.1) is 11.6 Å². The maximum absolute atomic E-state index is 14.1. The van der Waals surface area contributed by atoms with Gasteiger partial charge in [-0.15, -0.1) is 0 Å². The SMILES string of the molecule is Cn1nc(-c2cncc(F)c2)c(-c2ccccc2F)c1N. The zero-order chi connectivity index (χ0) is 15.0. The number of hydrogen-bond donors (Lipinski definition) is 1. The maximum atomic E-state index is 14.1. The van der Waals surface area contributed by atoms with Crippen molar-refractivity contribution < 1.29 is 8.78 Å². The van der Waals surface area contributed by atoms with Crippen LogP contribution in [0.5, 0.6) is 0 Å². The molecule has 3 aromatic rings. The van der Waals surface area contributed by atoms with Gasteiger partial charge in [-0.05, 0) is 12.1 Å². The molecule has 2 aromatic heterocycles. The molecule has 2 heterocycles. The Bertz CT molecular complexity index is 811. The summed E-state index contributed by atoms with van der Waals surface area (Å²) in [5.41, 5.74) is 7.59. The molecule has 2 N–H and O–H groups in total. The molecule has 1 aromatic carbocycles. The van der Waals surface area contributed by atoms with Crippen molar-refractivity contribution in [1.82, 2.24) is 14.8 Å². The van der Waals surface area contributed by atoms with E-state index in [1.807, 2.05) is 0 Å². The van der Waals surface area contributed by atoms with E-state index in [0.29, 0.717) is 28.2 Å². The fourth-order valence-electron chi connectivity index (χ4n) is 2.21. The number of rotatable bonds is 2. The summed E-state index contributed by atoms with van der Waals surface area (Å²) in [6, 6.07) is 7.54. The van der Waals surface area contributed by atoms with Crippen molar-refractivity contribution in [3.63, 3.8) is 0 Å². The van der Waals surface area contributed by atoms with Crippen molar-refractivity contribution in [2.75, 3.05) is 5.73 Å². The van der Waals surface area contributed by atoms with Crippen LogP contribution in [0.2, 0.25) is 0 Å². The first-order chi connectivity index (χ1) is 10.1. The Morgan fingerprint density at radius 2 is 1.90 bits per heavy atom. The molecule has 4 nitrogen and oxygen atoms in total. The largest absolute Gasteiger partial charge is 0.383 e. The zero-order valence-electron chi connectivity index (χ0n) is 11.2. The molecule has 21 heavy (non-hydrogen) atoms. The number of nitrogens with zero attached hydrogens (tertiary/aromatic N) is 3. The van der Waals surface area contributed by atoms with Crippen molar-refractivity contribution >= 4 is 5.82 Å². The summed E-state index contributed by atoms with van der Waals surface area (Å²) in [4.78, 5) is 3.80. The second-order valence-electron chi connectivity index (χ2n) is 4.60. The van der Waals surface area contributed by atoms with Gasteiger partial charge in [0.15, 0.2) is 0 Å². The van der Waals surface area contributed by atoms with E-state index in [-0.39, 0.29) is 0 Å². The molecule has 0 spiro atoms. The second kappa shape index (κ2) is 4.97. The monoisotopic (exact) mass is 286 g/mol. The summed E-state index contributed by atoms with van der Waals surface area (Å²) in [6.07, 6.45) is 2.56. The van der Waals surface area contributed by atoms with Crippen LogP contribution in [0.15, 0.2) is 42.7 Å². The summed E-state index contributed by atoms with van der Waals surface area (Å²) >= 11 is 0. The molecular weight excluding hydrogens is 274 g/mol. The van der Waals surface area contributed by atoms with Crippen molar-refractivity contribution in [2.45, 2.75) is 0 Å². The number of nitrogen functional groups attached to an aromatic ring is 1. The average molecular weight is 286 g/mol. The van der Waals surface area contributed by atoms with Crippen LogP contribution in [-0.4, -0.2) is 14.8 Å². The first kappa shape index (κ1) is 13.2. The van der Waals surface area contributed by atoms with Gasteiger partial charge in [-0.2, -0.15) is 5.10 Å². The van der Waals surface area contributed by atoms with E-state index in [1.54, 1.807) is 25.2 Å². The molecule has 0 saturated heterocycles. The van der Waals surface area contributed by atoms with Gasteiger partial charge in [0.2, 0.25) is 0 Å². The molecule has 6 heteroatoms. The van der Waals surface area contributed by atoms with Crippen molar-refractivity contribution in [1.29, 1.82) is 0 Å². The van der Waals surface area contributed by atoms with Gasteiger partial charge in [0.1, 0.15) is 23.1 Å². The van der Waals surface area contributed by atoms with E-state index in [9.17, 15) is 8.78 Å². The van der Waals surface area contributed by atoms with Crippen molar-refractivity contribution in [3.8, 4) is 22.4 Å². The molecule has 0 atom stereocenters. The highest BCUT2D eigenvalue weighted by molar-refractivity contribution is 5.88. The number of pyridine rings is 1. The molecule has 3 rings (SSSR count). The molecule has 0 fully saturated rings. The second-order valence-corrected chi connectivity index (χ2v) is 4.60. The first-order valence-electron chi connectivity index (χ1n) is 6.26. The van der Waals surface area contributed by atoms with Crippen molar-refractivity contribution in [2.24, 2.45) is 7.05 Å². The van der Waals surface area contributed by atoms with Gasteiger partial charge in [-0.3, -0.25) is 9.67 Å². The first-order valence-corrected chi connectivity index (χ1v) is 6.26. The lowest BCUT2D eigenvalue weighted by molar-refractivity contribution is 0.622. The summed E-state index contributed by atoms with van der Waals surface area (Å²) in [7, 11) is 1.65. The minimum absolute atomic E-state index is 0.305. The molecular formula is C15H12F2N4. The van der Waals surface area contributed by atoms with Crippen LogP contribution >= 0.6 is 0 Å². The highest BCUT2D eigenvalue weighted by atomic mass is 19.1. The Hall–Kier alpha value is -2.76. The van der Waals surface area contributed by atoms with Crippen LogP contribution in [0.4, 0.5) is 14.6 Å². The predicted octanol–water partition coefficient (Wildman–Crippen LogP) is 3.01. The Labute approximate surface area is 119 Å². The number of nitrogens with two attached hydrogens (primary N) is 1. The Kier molecular flexibility index (Phi) is 3.13. The van der Waals surface area contributed by atoms with Gasteiger partial charge < -0.3 is 5.73 Å². The van der Waals surface area contributed by atoms with E-state index in [4.69, 9.17) is 5.73 Å². The lowest BCUT2D eigenvalue weighted by atomic mass is 10.0. The topological polar surface area (TPSA) is 56.7 Å². The van der Waals surface area contributed by atoms with Gasteiger partial charge in [0.05, 0.1) is 11.8 Å². The molecule has 0 radical (unpaired) electrons. The number of anilines is 1. The van der Waals surface area contributed by atoms with Gasteiger partial charge in [0, 0.05) is 24.4 Å². The fraction of sp³-hybridized carbons (Fsp3) is 0.0667. The third-order valence-corrected chi connectivity index (χ3v) is 3.21. The van der Waals surface area contributed by atoms with Crippen molar-refractivity contribution in [3.05, 3.63) is 54.4 Å². The Morgan fingerprint density at radius 3 is 2.62 bits per heavy atom. The summed E-state index contributed by atoms with van der Waals surface area (Å²) in [5, 5.41) is 4.26. The van der Waals surface area contributed by atoms with Crippen LogP contribution in [0.1, 0.15) is 0 Å². The zero-order valence-corrected chi connectivity index (χ0v) is 11.2. The quantitative estimate of drug-likeness (QED) is 0.788.